The molecule has 1 aliphatic heterocycles. The van der Waals surface area contributed by atoms with Crippen molar-refractivity contribution in [1.82, 2.24) is 4.90 Å². The van der Waals surface area contributed by atoms with Crippen LogP contribution >= 0.6 is 23.2 Å². The van der Waals surface area contributed by atoms with E-state index in [4.69, 9.17) is 27.9 Å². The standard InChI is InChI=1S/C17H16Cl2FNO/c1-21-8-11-6-17(22-2)16(20)7-12(11)13(9-21)10-3-4-14(18)15(19)5-10/h3-7,13H,8-9H2,1-2H3. The lowest BCUT2D eigenvalue weighted by atomic mass is 9.84. The fourth-order valence-electron chi connectivity index (χ4n) is 3.01. The van der Waals surface area contributed by atoms with Gasteiger partial charge in [0.1, 0.15) is 0 Å². The van der Waals surface area contributed by atoms with Crippen LogP contribution < -0.4 is 4.74 Å². The maximum atomic E-state index is 14.1. The van der Waals surface area contributed by atoms with Gasteiger partial charge in [0.2, 0.25) is 0 Å². The van der Waals surface area contributed by atoms with Gasteiger partial charge in [-0.05, 0) is 48.0 Å². The first-order chi connectivity index (χ1) is 10.5. The van der Waals surface area contributed by atoms with E-state index < -0.39 is 0 Å². The molecule has 5 heteroatoms. The van der Waals surface area contributed by atoms with Crippen LogP contribution in [0.4, 0.5) is 4.39 Å². The average molecular weight is 340 g/mol. The van der Waals surface area contributed by atoms with Crippen molar-refractivity contribution in [2.75, 3.05) is 20.7 Å². The molecule has 1 aliphatic rings. The first-order valence-electron chi connectivity index (χ1n) is 6.99. The molecule has 2 aromatic rings. The predicted molar refractivity (Wildman–Crippen MR) is 87.6 cm³/mol. The minimum atomic E-state index is -0.337. The Balaban J connectivity index is 2.10. The summed E-state index contributed by atoms with van der Waals surface area (Å²) in [4.78, 5) is 2.20. The number of benzene rings is 2. The number of rotatable bonds is 2. The van der Waals surface area contributed by atoms with Gasteiger partial charge in [-0.3, -0.25) is 0 Å². The van der Waals surface area contributed by atoms with Gasteiger partial charge in [0, 0.05) is 19.0 Å². The van der Waals surface area contributed by atoms with Crippen molar-refractivity contribution in [3.8, 4) is 5.75 Å². The first kappa shape index (κ1) is 15.6. The van der Waals surface area contributed by atoms with Crippen LogP contribution in [0.2, 0.25) is 10.0 Å². The summed E-state index contributed by atoms with van der Waals surface area (Å²) in [7, 11) is 3.52. The third kappa shape index (κ3) is 2.81. The first-order valence-corrected chi connectivity index (χ1v) is 7.75. The Hall–Kier alpha value is -1.29. The molecule has 0 aromatic heterocycles. The van der Waals surface area contributed by atoms with Crippen molar-refractivity contribution < 1.29 is 9.13 Å². The Morgan fingerprint density at radius 3 is 2.64 bits per heavy atom. The summed E-state index contributed by atoms with van der Waals surface area (Å²) in [5.41, 5.74) is 3.09. The number of hydrogen-bond donors (Lipinski definition) is 0. The molecule has 0 saturated carbocycles. The minimum absolute atomic E-state index is 0.0592. The number of halogens is 3. The lowest BCUT2D eigenvalue weighted by Crippen LogP contribution is -2.31. The maximum Gasteiger partial charge on any atom is 0.165 e. The lowest BCUT2D eigenvalue weighted by molar-refractivity contribution is 0.292. The molecule has 0 aliphatic carbocycles. The van der Waals surface area contributed by atoms with Crippen LogP contribution in [0.25, 0.3) is 0 Å². The molecule has 0 amide bonds. The van der Waals surface area contributed by atoms with E-state index in [0.717, 1.165) is 29.8 Å². The zero-order valence-corrected chi connectivity index (χ0v) is 13.9. The van der Waals surface area contributed by atoms with Crippen LogP contribution in [0.3, 0.4) is 0 Å². The zero-order valence-electron chi connectivity index (χ0n) is 12.4. The number of ether oxygens (including phenoxy) is 1. The summed E-state index contributed by atoms with van der Waals surface area (Å²) in [6.07, 6.45) is 0. The molecular weight excluding hydrogens is 324 g/mol. The molecule has 0 spiro atoms. The smallest absolute Gasteiger partial charge is 0.165 e. The van der Waals surface area contributed by atoms with Gasteiger partial charge >= 0.3 is 0 Å². The summed E-state index contributed by atoms with van der Waals surface area (Å²) in [5.74, 6) is 0.00160. The molecule has 0 saturated heterocycles. The Labute approximate surface area is 139 Å². The van der Waals surface area contributed by atoms with Crippen molar-refractivity contribution in [2.24, 2.45) is 0 Å². The Bertz CT molecular complexity index is 720. The van der Waals surface area contributed by atoms with E-state index in [1.807, 2.05) is 19.2 Å². The Morgan fingerprint density at radius 2 is 1.95 bits per heavy atom. The van der Waals surface area contributed by atoms with Crippen molar-refractivity contribution in [3.05, 3.63) is 62.9 Å². The number of fused-ring (bicyclic) bond motifs is 1. The predicted octanol–water partition coefficient (Wildman–Crippen LogP) is 4.72. The van der Waals surface area contributed by atoms with Crippen LogP contribution in [0.1, 0.15) is 22.6 Å². The van der Waals surface area contributed by atoms with Gasteiger partial charge in [0.25, 0.3) is 0 Å². The highest BCUT2D eigenvalue weighted by Gasteiger charge is 2.27. The van der Waals surface area contributed by atoms with Gasteiger partial charge in [-0.25, -0.2) is 4.39 Å². The van der Waals surface area contributed by atoms with E-state index in [9.17, 15) is 4.39 Å². The van der Waals surface area contributed by atoms with Crippen LogP contribution in [0, 0.1) is 5.82 Å². The van der Waals surface area contributed by atoms with E-state index in [2.05, 4.69) is 4.90 Å². The maximum absolute atomic E-state index is 14.1. The number of nitrogens with zero attached hydrogens (tertiary/aromatic N) is 1. The average Bonchev–Trinajstić information content (AvgIpc) is 2.49. The van der Waals surface area contributed by atoms with Crippen molar-refractivity contribution in [3.63, 3.8) is 0 Å². The number of likely N-dealkylation sites (N-methyl/N-ethyl adjacent to an activating group) is 1. The van der Waals surface area contributed by atoms with E-state index in [-0.39, 0.29) is 17.5 Å². The van der Waals surface area contributed by atoms with Gasteiger partial charge in [-0.2, -0.15) is 0 Å². The van der Waals surface area contributed by atoms with Gasteiger partial charge in [0.05, 0.1) is 17.2 Å². The van der Waals surface area contributed by atoms with Gasteiger partial charge in [0.15, 0.2) is 11.6 Å². The molecule has 1 unspecified atom stereocenters. The van der Waals surface area contributed by atoms with Crippen LogP contribution in [-0.2, 0) is 6.54 Å². The van der Waals surface area contributed by atoms with E-state index in [1.165, 1.54) is 7.11 Å². The summed E-state index contributed by atoms with van der Waals surface area (Å²) in [6.45, 7) is 1.57. The highest BCUT2D eigenvalue weighted by molar-refractivity contribution is 6.42. The van der Waals surface area contributed by atoms with Gasteiger partial charge in [-0.1, -0.05) is 29.3 Å². The van der Waals surface area contributed by atoms with E-state index in [1.54, 1.807) is 18.2 Å². The molecule has 1 heterocycles. The second kappa shape index (κ2) is 6.07. The quantitative estimate of drug-likeness (QED) is 0.784. The number of hydrogen-bond acceptors (Lipinski definition) is 2. The molecule has 1 atom stereocenters. The molecule has 116 valence electrons. The Kier molecular flexibility index (Phi) is 4.31. The second-order valence-electron chi connectivity index (χ2n) is 5.61. The molecule has 2 aromatic carbocycles. The normalized spacial score (nSPS) is 18.1. The molecule has 3 rings (SSSR count). The fraction of sp³-hybridized carbons (Fsp3) is 0.294. The molecule has 0 bridgehead atoms. The van der Waals surface area contributed by atoms with Crippen molar-refractivity contribution >= 4 is 23.2 Å². The van der Waals surface area contributed by atoms with Gasteiger partial charge in [-0.15, -0.1) is 0 Å². The fourth-order valence-corrected chi connectivity index (χ4v) is 3.31. The number of methoxy groups -OCH3 is 1. The minimum Gasteiger partial charge on any atom is -0.494 e. The van der Waals surface area contributed by atoms with E-state index in [0.29, 0.717) is 10.0 Å². The van der Waals surface area contributed by atoms with Crippen LogP contribution in [0.5, 0.6) is 5.75 Å². The summed E-state index contributed by atoms with van der Waals surface area (Å²) < 4.78 is 19.2. The highest BCUT2D eigenvalue weighted by atomic mass is 35.5. The summed E-state index contributed by atoms with van der Waals surface area (Å²) >= 11 is 12.1. The molecule has 0 radical (unpaired) electrons. The molecule has 22 heavy (non-hydrogen) atoms. The van der Waals surface area contributed by atoms with Crippen LogP contribution in [0.15, 0.2) is 30.3 Å². The van der Waals surface area contributed by atoms with Crippen molar-refractivity contribution in [1.29, 1.82) is 0 Å². The monoisotopic (exact) mass is 339 g/mol. The van der Waals surface area contributed by atoms with Gasteiger partial charge < -0.3 is 9.64 Å². The zero-order chi connectivity index (χ0) is 15.9. The topological polar surface area (TPSA) is 12.5 Å². The molecule has 2 nitrogen and oxygen atoms in total. The molecule has 0 fully saturated rings. The lowest BCUT2D eigenvalue weighted by Gasteiger charge is -2.33. The SMILES string of the molecule is COc1cc2c(cc1F)C(c1ccc(Cl)c(Cl)c1)CN(C)C2. The summed E-state index contributed by atoms with van der Waals surface area (Å²) in [6, 6.07) is 8.95. The second-order valence-corrected chi connectivity index (χ2v) is 6.42. The third-order valence-electron chi connectivity index (χ3n) is 4.07. The van der Waals surface area contributed by atoms with Crippen molar-refractivity contribution in [2.45, 2.75) is 12.5 Å². The van der Waals surface area contributed by atoms with E-state index >= 15 is 0 Å². The summed E-state index contributed by atoms with van der Waals surface area (Å²) in [5, 5.41) is 1.04. The Morgan fingerprint density at radius 1 is 1.18 bits per heavy atom. The molecular formula is C17H16Cl2FNO. The molecule has 0 N–H and O–H groups in total. The highest BCUT2D eigenvalue weighted by Crippen LogP contribution is 2.37. The largest absolute Gasteiger partial charge is 0.494 e. The van der Waals surface area contributed by atoms with Crippen LogP contribution in [-0.4, -0.2) is 25.6 Å². The third-order valence-corrected chi connectivity index (χ3v) is 4.81.